The zero-order chi connectivity index (χ0) is 19.8. The van der Waals surface area contributed by atoms with Crippen LogP contribution >= 0.6 is 0 Å². The molecule has 6 heteroatoms. The summed E-state index contributed by atoms with van der Waals surface area (Å²) in [6.07, 6.45) is 1.48. The van der Waals surface area contributed by atoms with Crippen molar-refractivity contribution in [1.29, 1.82) is 0 Å². The molecule has 0 saturated carbocycles. The molecular formula is C22H26FNO4. The Morgan fingerprint density at radius 3 is 2.75 bits per heavy atom. The minimum Gasteiger partial charge on any atom is -0.494 e. The zero-order valence-corrected chi connectivity index (χ0v) is 15.9. The highest BCUT2D eigenvalue weighted by atomic mass is 19.1. The van der Waals surface area contributed by atoms with E-state index < -0.39 is 5.97 Å². The molecule has 0 amide bonds. The van der Waals surface area contributed by atoms with Gasteiger partial charge < -0.3 is 14.6 Å². The number of carbonyl (C=O) groups is 1. The van der Waals surface area contributed by atoms with E-state index in [1.807, 2.05) is 30.3 Å². The molecule has 1 heterocycles. The number of aliphatic carboxylic acids is 1. The number of rotatable bonds is 9. The van der Waals surface area contributed by atoms with Crippen LogP contribution in [0.3, 0.4) is 0 Å². The van der Waals surface area contributed by atoms with E-state index in [0.29, 0.717) is 38.3 Å². The maximum Gasteiger partial charge on any atom is 0.304 e. The molecule has 1 atom stereocenters. The summed E-state index contributed by atoms with van der Waals surface area (Å²) in [4.78, 5) is 12.9. The van der Waals surface area contributed by atoms with Crippen molar-refractivity contribution in [3.05, 3.63) is 65.5 Å². The molecule has 0 radical (unpaired) electrons. The van der Waals surface area contributed by atoms with Gasteiger partial charge in [0.15, 0.2) is 0 Å². The van der Waals surface area contributed by atoms with Crippen LogP contribution < -0.4 is 4.74 Å². The van der Waals surface area contributed by atoms with Crippen LogP contribution in [0.2, 0.25) is 0 Å². The Morgan fingerprint density at radius 2 is 2.00 bits per heavy atom. The van der Waals surface area contributed by atoms with Crippen LogP contribution in [0.5, 0.6) is 5.75 Å². The summed E-state index contributed by atoms with van der Waals surface area (Å²) in [5, 5.41) is 8.83. The highest BCUT2D eigenvalue weighted by molar-refractivity contribution is 5.66. The monoisotopic (exact) mass is 387 g/mol. The van der Waals surface area contributed by atoms with Gasteiger partial charge in [-0.25, -0.2) is 4.39 Å². The van der Waals surface area contributed by atoms with E-state index in [0.717, 1.165) is 24.3 Å². The van der Waals surface area contributed by atoms with E-state index in [1.54, 1.807) is 12.1 Å². The van der Waals surface area contributed by atoms with E-state index >= 15 is 0 Å². The fourth-order valence-electron chi connectivity index (χ4n) is 3.29. The number of nitrogens with zero attached hydrogens (tertiary/aromatic N) is 1. The molecule has 0 bridgehead atoms. The molecule has 0 aliphatic carbocycles. The van der Waals surface area contributed by atoms with E-state index in [2.05, 4.69) is 4.90 Å². The molecule has 5 nitrogen and oxygen atoms in total. The lowest BCUT2D eigenvalue weighted by Gasteiger charge is -2.32. The summed E-state index contributed by atoms with van der Waals surface area (Å²) in [6.45, 7) is 3.11. The van der Waals surface area contributed by atoms with Crippen molar-refractivity contribution in [3.63, 3.8) is 0 Å². The molecule has 1 fully saturated rings. The second-order valence-electron chi connectivity index (χ2n) is 6.92. The van der Waals surface area contributed by atoms with Crippen molar-refractivity contribution in [2.45, 2.75) is 25.4 Å². The predicted octanol–water partition coefficient (Wildman–Crippen LogP) is 3.69. The SMILES string of the molecule is O=C(O)CCN1CCOC(c2ccc(OCCCc3ccccc3F)cc2)C1. The van der Waals surface area contributed by atoms with Crippen LogP contribution in [0.1, 0.15) is 30.1 Å². The van der Waals surface area contributed by atoms with Gasteiger partial charge in [0.25, 0.3) is 0 Å². The fraction of sp³-hybridized carbons (Fsp3) is 0.409. The van der Waals surface area contributed by atoms with Crippen molar-refractivity contribution in [1.82, 2.24) is 4.90 Å². The Morgan fingerprint density at radius 1 is 1.21 bits per heavy atom. The van der Waals surface area contributed by atoms with Crippen LogP contribution in [0.25, 0.3) is 0 Å². The van der Waals surface area contributed by atoms with Gasteiger partial charge in [0, 0.05) is 19.6 Å². The average molecular weight is 387 g/mol. The summed E-state index contributed by atoms with van der Waals surface area (Å²) in [6, 6.07) is 14.6. The molecule has 1 unspecified atom stereocenters. The van der Waals surface area contributed by atoms with Gasteiger partial charge in [-0.2, -0.15) is 0 Å². The van der Waals surface area contributed by atoms with Gasteiger partial charge in [-0.3, -0.25) is 9.69 Å². The summed E-state index contributed by atoms with van der Waals surface area (Å²) >= 11 is 0. The lowest BCUT2D eigenvalue weighted by atomic mass is 10.1. The molecule has 28 heavy (non-hydrogen) atoms. The largest absolute Gasteiger partial charge is 0.494 e. The van der Waals surface area contributed by atoms with Crippen molar-refractivity contribution >= 4 is 5.97 Å². The zero-order valence-electron chi connectivity index (χ0n) is 15.9. The molecule has 0 spiro atoms. The second-order valence-corrected chi connectivity index (χ2v) is 6.92. The summed E-state index contributed by atoms with van der Waals surface area (Å²) < 4.78 is 25.2. The summed E-state index contributed by atoms with van der Waals surface area (Å²) in [5.41, 5.74) is 1.77. The number of carboxylic acids is 1. The maximum atomic E-state index is 13.6. The molecule has 1 N–H and O–H groups in total. The average Bonchev–Trinajstić information content (AvgIpc) is 2.71. The third-order valence-electron chi connectivity index (χ3n) is 4.86. The second kappa shape index (κ2) is 10.2. The predicted molar refractivity (Wildman–Crippen MR) is 104 cm³/mol. The summed E-state index contributed by atoms with van der Waals surface area (Å²) in [5.74, 6) is -0.174. The number of aryl methyl sites for hydroxylation is 1. The number of carboxylic acid groups (broad SMARTS) is 1. The minimum absolute atomic E-state index is 0.0577. The normalized spacial score (nSPS) is 17.4. The number of ether oxygens (including phenoxy) is 2. The molecule has 0 aromatic heterocycles. The van der Waals surface area contributed by atoms with E-state index in [1.165, 1.54) is 6.07 Å². The van der Waals surface area contributed by atoms with Gasteiger partial charge in [-0.1, -0.05) is 30.3 Å². The number of hydrogen-bond donors (Lipinski definition) is 1. The summed E-state index contributed by atoms with van der Waals surface area (Å²) in [7, 11) is 0. The van der Waals surface area contributed by atoms with E-state index in [9.17, 15) is 9.18 Å². The van der Waals surface area contributed by atoms with Crippen LogP contribution in [-0.4, -0.2) is 48.8 Å². The molecule has 1 aliphatic rings. The van der Waals surface area contributed by atoms with Crippen molar-refractivity contribution in [2.24, 2.45) is 0 Å². The van der Waals surface area contributed by atoms with Gasteiger partial charge in [0.2, 0.25) is 0 Å². The highest BCUT2D eigenvalue weighted by Crippen LogP contribution is 2.24. The molecule has 2 aromatic rings. The van der Waals surface area contributed by atoms with Gasteiger partial charge in [-0.05, 0) is 42.2 Å². The van der Waals surface area contributed by atoms with Crippen molar-refractivity contribution in [2.75, 3.05) is 32.8 Å². The molecule has 150 valence electrons. The lowest BCUT2D eigenvalue weighted by molar-refractivity contribution is -0.137. The first-order valence-corrected chi connectivity index (χ1v) is 9.64. The van der Waals surface area contributed by atoms with Gasteiger partial charge in [-0.15, -0.1) is 0 Å². The molecular weight excluding hydrogens is 361 g/mol. The van der Waals surface area contributed by atoms with Crippen LogP contribution in [0.4, 0.5) is 4.39 Å². The smallest absolute Gasteiger partial charge is 0.304 e. The third kappa shape index (κ3) is 6.04. The number of hydrogen-bond acceptors (Lipinski definition) is 4. The lowest BCUT2D eigenvalue weighted by Crippen LogP contribution is -2.39. The minimum atomic E-state index is -0.778. The standard InChI is InChI=1S/C22H26FNO4/c23-20-6-2-1-4-17(20)5-3-14-27-19-9-7-18(8-10-19)21-16-24(13-15-28-21)12-11-22(25)26/h1-2,4,6-10,21H,3,5,11-16H2,(H,25,26). The Hall–Kier alpha value is -2.44. The highest BCUT2D eigenvalue weighted by Gasteiger charge is 2.22. The van der Waals surface area contributed by atoms with Crippen LogP contribution in [0, 0.1) is 5.82 Å². The topological polar surface area (TPSA) is 59.0 Å². The van der Waals surface area contributed by atoms with Gasteiger partial charge >= 0.3 is 5.97 Å². The van der Waals surface area contributed by atoms with E-state index in [4.69, 9.17) is 14.6 Å². The molecule has 1 saturated heterocycles. The van der Waals surface area contributed by atoms with Crippen molar-refractivity contribution in [3.8, 4) is 5.75 Å². The third-order valence-corrected chi connectivity index (χ3v) is 4.86. The molecule has 3 rings (SSSR count). The number of benzene rings is 2. The Labute approximate surface area is 164 Å². The first kappa shape index (κ1) is 20.3. The Kier molecular flexibility index (Phi) is 7.39. The maximum absolute atomic E-state index is 13.6. The number of halogens is 1. The molecule has 2 aromatic carbocycles. The fourth-order valence-corrected chi connectivity index (χ4v) is 3.29. The first-order chi connectivity index (χ1) is 13.6. The van der Waals surface area contributed by atoms with Crippen LogP contribution in [-0.2, 0) is 16.0 Å². The Balaban J connectivity index is 1.44. The van der Waals surface area contributed by atoms with Gasteiger partial charge in [0.1, 0.15) is 11.6 Å². The Bertz CT molecular complexity index is 765. The van der Waals surface area contributed by atoms with E-state index in [-0.39, 0.29) is 18.3 Å². The van der Waals surface area contributed by atoms with Crippen LogP contribution in [0.15, 0.2) is 48.5 Å². The quantitative estimate of drug-likeness (QED) is 0.665. The molecule has 1 aliphatic heterocycles. The van der Waals surface area contributed by atoms with Gasteiger partial charge in [0.05, 0.1) is 25.7 Å². The van der Waals surface area contributed by atoms with Crippen molar-refractivity contribution < 1.29 is 23.8 Å². The first-order valence-electron chi connectivity index (χ1n) is 9.64. The number of morpholine rings is 1.